The molecule has 0 bridgehead atoms. The van der Waals surface area contributed by atoms with Gasteiger partial charge in [0.2, 0.25) is 0 Å². The second kappa shape index (κ2) is 7.11. The number of rotatable bonds is 6. The van der Waals surface area contributed by atoms with Crippen molar-refractivity contribution in [3.8, 4) is 0 Å². The monoisotopic (exact) mass is 279 g/mol. The molecule has 0 saturated heterocycles. The summed E-state index contributed by atoms with van der Waals surface area (Å²) in [6, 6.07) is 6.40. The summed E-state index contributed by atoms with van der Waals surface area (Å²) < 4.78 is 0. The minimum atomic E-state index is -0.0809. The number of likely N-dealkylation sites (N-methyl/N-ethyl adjacent to an activating group) is 1. The van der Waals surface area contributed by atoms with E-state index in [-0.39, 0.29) is 11.8 Å². The Labute approximate surface area is 121 Å². The van der Waals surface area contributed by atoms with Gasteiger partial charge in [-0.25, -0.2) is 0 Å². The Hall–Kier alpha value is -0.800. The number of carbonyl (C=O) groups is 1. The molecule has 0 aliphatic heterocycles. The maximum atomic E-state index is 12.6. The molecule has 2 unspecified atom stereocenters. The van der Waals surface area contributed by atoms with E-state index < -0.39 is 0 Å². The Kier molecular flexibility index (Phi) is 6.08. The predicted molar refractivity (Wildman–Crippen MR) is 85.3 cm³/mol. The van der Waals surface area contributed by atoms with Crippen molar-refractivity contribution in [2.45, 2.75) is 39.8 Å². The fraction of sp³-hybridized carbons (Fsp3) is 0.562. The van der Waals surface area contributed by atoms with E-state index in [2.05, 4.69) is 24.1 Å². The van der Waals surface area contributed by atoms with Crippen LogP contribution in [0.2, 0.25) is 0 Å². The van der Waals surface area contributed by atoms with Gasteiger partial charge in [0.25, 0.3) is 0 Å². The Morgan fingerprint density at radius 3 is 2.53 bits per heavy atom. The van der Waals surface area contributed by atoms with Gasteiger partial charge in [-0.15, -0.1) is 0 Å². The molecule has 0 radical (unpaired) electrons. The average molecular weight is 279 g/mol. The van der Waals surface area contributed by atoms with E-state index in [9.17, 15) is 4.79 Å². The highest BCUT2D eigenvalue weighted by Crippen LogP contribution is 2.17. The first-order chi connectivity index (χ1) is 8.88. The first-order valence-corrected chi connectivity index (χ1v) is 8.10. The minimum absolute atomic E-state index is 0.0809. The van der Waals surface area contributed by atoms with Crippen LogP contribution in [0, 0.1) is 13.8 Å². The van der Waals surface area contributed by atoms with Gasteiger partial charge >= 0.3 is 0 Å². The summed E-state index contributed by atoms with van der Waals surface area (Å²) in [5.74, 6) is 1.26. The summed E-state index contributed by atoms with van der Waals surface area (Å²) in [6.07, 6.45) is 2.10. The number of nitrogens with zero attached hydrogens (tertiary/aromatic N) is 1. The average Bonchev–Trinajstić information content (AvgIpc) is 2.39. The maximum absolute atomic E-state index is 12.6. The van der Waals surface area contributed by atoms with Crippen molar-refractivity contribution in [3.63, 3.8) is 0 Å². The van der Waals surface area contributed by atoms with E-state index in [1.165, 1.54) is 0 Å². The number of Topliss-reactive ketones (excluding diaryl/α,β-unsaturated/α-hetero) is 1. The van der Waals surface area contributed by atoms with Crippen molar-refractivity contribution < 1.29 is 4.79 Å². The molecule has 0 aromatic heterocycles. The summed E-state index contributed by atoms with van der Waals surface area (Å²) in [5.41, 5.74) is 3.06. The smallest absolute Gasteiger partial charge is 0.179 e. The van der Waals surface area contributed by atoms with Crippen molar-refractivity contribution in [2.75, 3.05) is 19.1 Å². The third kappa shape index (κ3) is 4.08. The SMILES string of the molecule is CSCC(C)N(C)C(C)C(=O)c1cc(C)ccc1C. The molecule has 0 saturated carbocycles. The minimum Gasteiger partial charge on any atom is -0.293 e. The lowest BCUT2D eigenvalue weighted by Crippen LogP contribution is -2.43. The molecular weight excluding hydrogens is 254 g/mol. The standard InChI is InChI=1S/C16H25NOS/c1-11-7-8-12(2)15(9-11)16(18)14(4)17(5)13(3)10-19-6/h7-9,13-14H,10H2,1-6H3. The number of carbonyl (C=O) groups excluding carboxylic acids is 1. The molecule has 0 amide bonds. The first-order valence-electron chi connectivity index (χ1n) is 6.70. The second-order valence-electron chi connectivity index (χ2n) is 5.33. The van der Waals surface area contributed by atoms with Crippen LogP contribution in [0.4, 0.5) is 0 Å². The topological polar surface area (TPSA) is 20.3 Å². The fourth-order valence-corrected chi connectivity index (χ4v) is 2.87. The van der Waals surface area contributed by atoms with E-state index in [0.29, 0.717) is 6.04 Å². The molecule has 0 spiro atoms. The quantitative estimate of drug-likeness (QED) is 0.743. The predicted octanol–water partition coefficient (Wildman–Crippen LogP) is 3.56. The van der Waals surface area contributed by atoms with Crippen LogP contribution in [0.1, 0.15) is 35.3 Å². The molecule has 2 nitrogen and oxygen atoms in total. The van der Waals surface area contributed by atoms with Gasteiger partial charge in [0.05, 0.1) is 6.04 Å². The van der Waals surface area contributed by atoms with E-state index in [0.717, 1.165) is 22.4 Å². The zero-order valence-corrected chi connectivity index (χ0v) is 13.7. The largest absolute Gasteiger partial charge is 0.293 e. The molecule has 0 heterocycles. The van der Waals surface area contributed by atoms with Gasteiger partial charge in [0.1, 0.15) is 0 Å². The lowest BCUT2D eigenvalue weighted by Gasteiger charge is -2.29. The molecule has 0 N–H and O–H groups in total. The van der Waals surface area contributed by atoms with Crippen molar-refractivity contribution in [2.24, 2.45) is 0 Å². The number of thioether (sulfide) groups is 1. The van der Waals surface area contributed by atoms with Crippen LogP contribution in [-0.2, 0) is 0 Å². The summed E-state index contributed by atoms with van der Waals surface area (Å²) in [5, 5.41) is 0. The Balaban J connectivity index is 2.90. The highest BCUT2D eigenvalue weighted by molar-refractivity contribution is 7.98. The zero-order chi connectivity index (χ0) is 14.6. The van der Waals surface area contributed by atoms with E-state index in [4.69, 9.17) is 0 Å². The third-order valence-electron chi connectivity index (χ3n) is 3.75. The molecule has 1 aromatic rings. The number of hydrogen-bond acceptors (Lipinski definition) is 3. The molecule has 106 valence electrons. The molecule has 3 heteroatoms. The van der Waals surface area contributed by atoms with Crippen LogP contribution in [0.15, 0.2) is 18.2 Å². The Morgan fingerprint density at radius 1 is 1.32 bits per heavy atom. The number of hydrogen-bond donors (Lipinski definition) is 0. The molecular formula is C16H25NOS. The van der Waals surface area contributed by atoms with Crippen LogP contribution in [0.3, 0.4) is 0 Å². The van der Waals surface area contributed by atoms with Gasteiger partial charge in [0, 0.05) is 17.4 Å². The van der Waals surface area contributed by atoms with Gasteiger partial charge in [-0.1, -0.05) is 17.7 Å². The maximum Gasteiger partial charge on any atom is 0.179 e. The first kappa shape index (κ1) is 16.3. The fourth-order valence-electron chi connectivity index (χ4n) is 2.15. The van der Waals surface area contributed by atoms with Gasteiger partial charge in [-0.3, -0.25) is 9.69 Å². The molecule has 1 rings (SSSR count). The number of ketones is 1. The highest BCUT2D eigenvalue weighted by atomic mass is 32.2. The highest BCUT2D eigenvalue weighted by Gasteiger charge is 2.24. The summed E-state index contributed by atoms with van der Waals surface area (Å²) in [6.45, 7) is 8.20. The van der Waals surface area contributed by atoms with Gasteiger partial charge < -0.3 is 0 Å². The third-order valence-corrected chi connectivity index (χ3v) is 4.57. The number of benzene rings is 1. The Bertz CT molecular complexity index is 444. The van der Waals surface area contributed by atoms with Crippen LogP contribution < -0.4 is 0 Å². The molecule has 1 aromatic carbocycles. The van der Waals surface area contributed by atoms with E-state index in [1.54, 1.807) is 0 Å². The molecule has 19 heavy (non-hydrogen) atoms. The lowest BCUT2D eigenvalue weighted by atomic mass is 9.97. The summed E-state index contributed by atoms with van der Waals surface area (Å²) in [7, 11) is 2.04. The van der Waals surface area contributed by atoms with Gasteiger partial charge in [-0.05, 0) is 52.6 Å². The van der Waals surface area contributed by atoms with Crippen molar-refractivity contribution >= 4 is 17.5 Å². The molecule has 0 aliphatic carbocycles. The van der Waals surface area contributed by atoms with Gasteiger partial charge in [0.15, 0.2) is 5.78 Å². The lowest BCUT2D eigenvalue weighted by molar-refractivity contribution is 0.0838. The van der Waals surface area contributed by atoms with Crippen LogP contribution in [0.25, 0.3) is 0 Å². The van der Waals surface area contributed by atoms with Crippen LogP contribution in [-0.4, -0.2) is 41.8 Å². The normalized spacial score (nSPS) is 14.5. The molecule has 0 fully saturated rings. The second-order valence-corrected chi connectivity index (χ2v) is 6.24. The Morgan fingerprint density at radius 2 is 1.95 bits per heavy atom. The van der Waals surface area contributed by atoms with Crippen LogP contribution in [0.5, 0.6) is 0 Å². The van der Waals surface area contributed by atoms with Crippen molar-refractivity contribution in [3.05, 3.63) is 34.9 Å². The van der Waals surface area contributed by atoms with Gasteiger partial charge in [-0.2, -0.15) is 11.8 Å². The summed E-state index contributed by atoms with van der Waals surface area (Å²) in [4.78, 5) is 14.8. The molecule has 0 aliphatic rings. The number of aryl methyl sites for hydroxylation is 2. The van der Waals surface area contributed by atoms with E-state index >= 15 is 0 Å². The van der Waals surface area contributed by atoms with E-state index in [1.807, 2.05) is 51.7 Å². The summed E-state index contributed by atoms with van der Waals surface area (Å²) >= 11 is 1.82. The zero-order valence-electron chi connectivity index (χ0n) is 12.9. The van der Waals surface area contributed by atoms with Crippen LogP contribution >= 0.6 is 11.8 Å². The molecule has 2 atom stereocenters. The van der Waals surface area contributed by atoms with Crippen molar-refractivity contribution in [1.82, 2.24) is 4.90 Å². The van der Waals surface area contributed by atoms with Crippen molar-refractivity contribution in [1.29, 1.82) is 0 Å².